The van der Waals surface area contributed by atoms with Crippen molar-refractivity contribution in [2.75, 3.05) is 6.61 Å². The van der Waals surface area contributed by atoms with E-state index >= 15 is 0 Å². The molecule has 5 heteroatoms. The van der Waals surface area contributed by atoms with E-state index in [4.69, 9.17) is 4.74 Å². The summed E-state index contributed by atoms with van der Waals surface area (Å²) in [5.74, 6) is 0.809. The molecule has 0 atom stereocenters. The van der Waals surface area contributed by atoms with E-state index in [2.05, 4.69) is 10.6 Å². The summed E-state index contributed by atoms with van der Waals surface area (Å²) < 4.78 is 7.48. The Labute approximate surface area is 124 Å². The van der Waals surface area contributed by atoms with Crippen molar-refractivity contribution in [2.24, 2.45) is 7.05 Å². The molecule has 2 aromatic rings. The minimum absolute atomic E-state index is 0.190. The summed E-state index contributed by atoms with van der Waals surface area (Å²) in [6.45, 7) is 3.50. The number of hydrogen-bond donors (Lipinski definition) is 2. The molecule has 0 bridgehead atoms. The maximum Gasteiger partial charge on any atom is 0.315 e. The Bertz CT molecular complexity index is 593. The van der Waals surface area contributed by atoms with Gasteiger partial charge in [0.25, 0.3) is 0 Å². The molecule has 0 aliphatic rings. The summed E-state index contributed by atoms with van der Waals surface area (Å²) in [7, 11) is 1.95. The smallest absolute Gasteiger partial charge is 0.315 e. The van der Waals surface area contributed by atoms with E-state index in [-0.39, 0.29) is 6.03 Å². The van der Waals surface area contributed by atoms with Crippen molar-refractivity contribution in [3.05, 3.63) is 53.9 Å². The second-order valence-electron chi connectivity index (χ2n) is 4.76. The Balaban J connectivity index is 1.81. The summed E-state index contributed by atoms with van der Waals surface area (Å²) in [6.07, 6.45) is 3.93. The average Bonchev–Trinajstić information content (AvgIpc) is 2.90. The highest BCUT2D eigenvalue weighted by Crippen LogP contribution is 2.17. The van der Waals surface area contributed by atoms with Gasteiger partial charge in [0.15, 0.2) is 0 Å². The summed E-state index contributed by atoms with van der Waals surface area (Å²) >= 11 is 0. The first-order chi connectivity index (χ1) is 10.2. The van der Waals surface area contributed by atoms with Crippen LogP contribution in [0.1, 0.15) is 18.1 Å². The summed E-state index contributed by atoms with van der Waals surface area (Å²) in [5, 5.41) is 5.67. The van der Waals surface area contributed by atoms with E-state index in [1.54, 1.807) is 0 Å². The molecular weight excluding hydrogens is 266 g/mol. The van der Waals surface area contributed by atoms with Crippen LogP contribution in [0.25, 0.3) is 0 Å². The van der Waals surface area contributed by atoms with Crippen molar-refractivity contribution in [1.82, 2.24) is 15.2 Å². The van der Waals surface area contributed by atoms with Crippen molar-refractivity contribution in [3.8, 4) is 5.75 Å². The van der Waals surface area contributed by atoms with Crippen LogP contribution in [0.4, 0.5) is 4.79 Å². The Kier molecular flexibility index (Phi) is 5.26. The predicted octanol–water partition coefficient (Wildman–Crippen LogP) is 2.42. The van der Waals surface area contributed by atoms with Gasteiger partial charge in [0, 0.05) is 38.1 Å². The van der Waals surface area contributed by atoms with Crippen molar-refractivity contribution in [1.29, 1.82) is 0 Å². The van der Waals surface area contributed by atoms with Crippen molar-refractivity contribution in [2.45, 2.75) is 20.0 Å². The maximum atomic E-state index is 11.8. The highest BCUT2D eigenvalue weighted by molar-refractivity contribution is 5.73. The van der Waals surface area contributed by atoms with Crippen LogP contribution in [0.2, 0.25) is 0 Å². The Hall–Kier alpha value is -2.43. The molecule has 0 saturated heterocycles. The molecule has 21 heavy (non-hydrogen) atoms. The molecule has 0 unspecified atom stereocenters. The van der Waals surface area contributed by atoms with Gasteiger partial charge in [-0.25, -0.2) is 4.79 Å². The Morgan fingerprint density at radius 2 is 1.95 bits per heavy atom. The minimum atomic E-state index is -0.190. The number of para-hydroxylation sites is 1. The fraction of sp³-hybridized carbons (Fsp3) is 0.312. The second kappa shape index (κ2) is 7.38. The zero-order chi connectivity index (χ0) is 15.1. The van der Waals surface area contributed by atoms with Gasteiger partial charge in [-0.15, -0.1) is 0 Å². The fourth-order valence-electron chi connectivity index (χ4n) is 2.03. The number of benzene rings is 1. The van der Waals surface area contributed by atoms with Crippen LogP contribution in [-0.4, -0.2) is 17.2 Å². The number of amides is 2. The second-order valence-corrected chi connectivity index (χ2v) is 4.76. The number of rotatable bonds is 6. The molecule has 0 saturated carbocycles. The zero-order valence-electron chi connectivity index (χ0n) is 12.4. The number of carbonyl (C=O) groups is 1. The lowest BCUT2D eigenvalue weighted by Gasteiger charge is -2.11. The van der Waals surface area contributed by atoms with Crippen molar-refractivity contribution in [3.63, 3.8) is 0 Å². The normalized spacial score (nSPS) is 10.2. The van der Waals surface area contributed by atoms with Crippen molar-refractivity contribution < 1.29 is 9.53 Å². The molecule has 0 aliphatic carbocycles. The van der Waals surface area contributed by atoms with E-state index in [0.29, 0.717) is 19.7 Å². The lowest BCUT2D eigenvalue weighted by atomic mass is 10.2. The molecule has 0 spiro atoms. The summed E-state index contributed by atoms with van der Waals surface area (Å²) in [5.41, 5.74) is 2.04. The average molecular weight is 287 g/mol. The number of urea groups is 1. The first-order valence-corrected chi connectivity index (χ1v) is 7.02. The first-order valence-electron chi connectivity index (χ1n) is 7.02. The SMILES string of the molecule is CCOc1ccccc1CNC(=O)NCc1ccn(C)c1. The molecule has 0 aliphatic heterocycles. The number of aromatic nitrogens is 1. The standard InChI is InChI=1S/C16H21N3O2/c1-3-21-15-7-5-4-6-14(15)11-18-16(20)17-10-13-8-9-19(2)12-13/h4-9,12H,3,10-11H2,1-2H3,(H2,17,18,20). The van der Waals surface area contributed by atoms with Crippen LogP contribution in [0.15, 0.2) is 42.7 Å². The highest BCUT2D eigenvalue weighted by Gasteiger charge is 2.05. The molecular formula is C16H21N3O2. The van der Waals surface area contributed by atoms with Crippen LogP contribution in [0.5, 0.6) is 5.75 Å². The zero-order valence-corrected chi connectivity index (χ0v) is 12.4. The Morgan fingerprint density at radius 3 is 2.67 bits per heavy atom. The largest absolute Gasteiger partial charge is 0.494 e. The van der Waals surface area contributed by atoms with Crippen LogP contribution < -0.4 is 15.4 Å². The van der Waals surface area contributed by atoms with E-state index in [9.17, 15) is 4.79 Å². The van der Waals surface area contributed by atoms with E-state index in [0.717, 1.165) is 16.9 Å². The molecule has 2 N–H and O–H groups in total. The van der Waals surface area contributed by atoms with Crippen LogP contribution in [-0.2, 0) is 20.1 Å². The third-order valence-corrected chi connectivity index (χ3v) is 3.06. The fourth-order valence-corrected chi connectivity index (χ4v) is 2.03. The summed E-state index contributed by atoms with van der Waals surface area (Å²) in [6, 6.07) is 9.49. The monoisotopic (exact) mass is 287 g/mol. The third-order valence-electron chi connectivity index (χ3n) is 3.06. The molecule has 112 valence electrons. The van der Waals surface area contributed by atoms with Gasteiger partial charge in [-0.2, -0.15) is 0 Å². The number of nitrogens with one attached hydrogen (secondary N) is 2. The first kappa shape index (κ1) is 15.0. The molecule has 1 heterocycles. The number of ether oxygens (including phenoxy) is 1. The number of nitrogens with zero attached hydrogens (tertiary/aromatic N) is 1. The van der Waals surface area contributed by atoms with E-state index in [1.165, 1.54) is 0 Å². The Morgan fingerprint density at radius 1 is 1.19 bits per heavy atom. The molecule has 2 rings (SSSR count). The quantitative estimate of drug-likeness (QED) is 0.857. The number of hydrogen-bond acceptors (Lipinski definition) is 2. The van der Waals surface area contributed by atoms with E-state index in [1.807, 2.05) is 61.3 Å². The molecule has 5 nitrogen and oxygen atoms in total. The van der Waals surface area contributed by atoms with Crippen LogP contribution in [0, 0.1) is 0 Å². The topological polar surface area (TPSA) is 55.3 Å². The number of aryl methyl sites for hydroxylation is 1. The van der Waals surface area contributed by atoms with Gasteiger partial charge in [-0.05, 0) is 24.6 Å². The lowest BCUT2D eigenvalue weighted by Crippen LogP contribution is -2.34. The molecule has 1 aromatic heterocycles. The lowest BCUT2D eigenvalue weighted by molar-refractivity contribution is 0.240. The van der Waals surface area contributed by atoms with E-state index < -0.39 is 0 Å². The van der Waals surface area contributed by atoms with Gasteiger partial charge >= 0.3 is 6.03 Å². The van der Waals surface area contributed by atoms with Gasteiger partial charge in [-0.1, -0.05) is 18.2 Å². The molecule has 1 aromatic carbocycles. The maximum absolute atomic E-state index is 11.8. The minimum Gasteiger partial charge on any atom is -0.494 e. The highest BCUT2D eigenvalue weighted by atomic mass is 16.5. The van der Waals surface area contributed by atoms with Gasteiger partial charge in [0.2, 0.25) is 0 Å². The van der Waals surface area contributed by atoms with Crippen molar-refractivity contribution >= 4 is 6.03 Å². The van der Waals surface area contributed by atoms with Gasteiger partial charge in [0.05, 0.1) is 6.61 Å². The van der Waals surface area contributed by atoms with Crippen LogP contribution in [0.3, 0.4) is 0 Å². The number of carbonyl (C=O) groups excluding carboxylic acids is 1. The third kappa shape index (κ3) is 4.56. The van der Waals surface area contributed by atoms with Gasteiger partial charge < -0.3 is 19.9 Å². The van der Waals surface area contributed by atoms with Crippen LogP contribution >= 0.6 is 0 Å². The summed E-state index contributed by atoms with van der Waals surface area (Å²) in [4.78, 5) is 11.8. The molecule has 0 radical (unpaired) electrons. The van der Waals surface area contributed by atoms with Gasteiger partial charge in [-0.3, -0.25) is 0 Å². The predicted molar refractivity (Wildman–Crippen MR) is 82.1 cm³/mol. The molecule has 0 fully saturated rings. The molecule has 2 amide bonds. The van der Waals surface area contributed by atoms with Gasteiger partial charge in [0.1, 0.15) is 5.75 Å².